The zero-order valence-electron chi connectivity index (χ0n) is 28.0. The lowest BCUT2D eigenvalue weighted by Gasteiger charge is -2.24. The van der Waals surface area contributed by atoms with E-state index in [1.165, 1.54) is 0 Å². The predicted octanol–water partition coefficient (Wildman–Crippen LogP) is 6.59. The molecule has 0 radical (unpaired) electrons. The fourth-order valence-electron chi connectivity index (χ4n) is 5.63. The van der Waals surface area contributed by atoms with Crippen LogP contribution in [0.5, 0.6) is 0 Å². The zero-order chi connectivity index (χ0) is 34.4. The molecule has 3 N–H and O–H groups in total. The molecule has 4 aromatic carbocycles. The molecule has 0 spiro atoms. The van der Waals surface area contributed by atoms with Gasteiger partial charge in [0.1, 0.15) is 19.3 Å². The Kier molecular flexibility index (Phi) is 13.3. The molecule has 1 amide bonds. The van der Waals surface area contributed by atoms with Crippen LogP contribution in [0.4, 0.5) is 0 Å². The molecule has 1 unspecified atom stereocenters. The lowest BCUT2D eigenvalue weighted by Crippen LogP contribution is -2.53. The molecule has 8 nitrogen and oxygen atoms in total. The molecule has 3 atom stereocenters. The minimum atomic E-state index is -2.28. The molecule has 0 bridgehead atoms. The summed E-state index contributed by atoms with van der Waals surface area (Å²) in [5.74, 6) is -0.783. The smallest absolute Gasteiger partial charge is 0.329 e. The highest BCUT2D eigenvalue weighted by Gasteiger charge is 2.30. The van der Waals surface area contributed by atoms with E-state index in [4.69, 9.17) is 9.26 Å². The summed E-state index contributed by atoms with van der Waals surface area (Å²) in [5, 5.41) is 7.29. The number of hydrogen-bond acceptors (Lipinski definition) is 5. The van der Waals surface area contributed by atoms with Gasteiger partial charge in [-0.1, -0.05) is 123 Å². The van der Waals surface area contributed by atoms with E-state index < -0.39 is 26.1 Å². The molecule has 5 aromatic rings. The number of benzene rings is 4. The first-order chi connectivity index (χ1) is 23.9. The quantitative estimate of drug-likeness (QED) is 0.0756. The van der Waals surface area contributed by atoms with Crippen LogP contribution in [0.2, 0.25) is 0 Å². The number of rotatable bonds is 17. The molecular weight excluding hydrogens is 633 g/mol. The number of aromatic nitrogens is 1. The number of aryl methyl sites for hydroxylation is 1. The third-order valence-electron chi connectivity index (χ3n) is 8.19. The minimum absolute atomic E-state index is 0.0875. The first-order valence-corrected chi connectivity index (χ1v) is 17.9. The Labute approximate surface area is 289 Å². The van der Waals surface area contributed by atoms with Gasteiger partial charge >= 0.3 is 5.97 Å². The number of aromatic amines is 1. The second-order valence-electron chi connectivity index (χ2n) is 12.5. The molecule has 5 rings (SSSR count). The molecule has 49 heavy (non-hydrogen) atoms. The van der Waals surface area contributed by atoms with Crippen LogP contribution in [0.3, 0.4) is 0 Å². The topological polar surface area (TPSA) is 116 Å². The van der Waals surface area contributed by atoms with E-state index in [2.05, 4.69) is 15.6 Å². The monoisotopic (exact) mass is 677 g/mol. The molecule has 0 aliphatic rings. The van der Waals surface area contributed by atoms with Crippen molar-refractivity contribution in [3.63, 3.8) is 0 Å². The molecule has 0 saturated carbocycles. The van der Waals surface area contributed by atoms with E-state index in [1.807, 2.05) is 135 Å². The van der Waals surface area contributed by atoms with Gasteiger partial charge in [0.05, 0.1) is 6.04 Å². The van der Waals surface area contributed by atoms with Crippen LogP contribution in [0.1, 0.15) is 48.9 Å². The van der Waals surface area contributed by atoms with Crippen LogP contribution in [0.25, 0.3) is 10.9 Å². The molecular formula is C40H44N3O5P. The third-order valence-corrected chi connectivity index (χ3v) is 9.35. The van der Waals surface area contributed by atoms with Crippen LogP contribution in [-0.2, 0) is 44.9 Å². The fourth-order valence-corrected chi connectivity index (χ4v) is 6.61. The number of para-hydroxylation sites is 1. The summed E-state index contributed by atoms with van der Waals surface area (Å²) in [7, 11) is -2.28. The fraction of sp³-hybridized carbons (Fsp3) is 0.275. The minimum Gasteiger partial charge on any atom is -0.602 e. The van der Waals surface area contributed by atoms with Crippen LogP contribution in [0, 0.1) is 5.92 Å². The van der Waals surface area contributed by atoms with Crippen molar-refractivity contribution < 1.29 is 23.7 Å². The number of hydrogen-bond donors (Lipinski definition) is 3. The lowest BCUT2D eigenvalue weighted by atomic mass is 10.0. The number of ether oxygens (including phenoxy) is 1. The van der Waals surface area contributed by atoms with Gasteiger partial charge in [-0.15, -0.1) is 0 Å². The molecule has 0 saturated heterocycles. The molecule has 1 aromatic heterocycles. The highest BCUT2D eigenvalue weighted by atomic mass is 31.1. The molecule has 254 valence electrons. The van der Waals surface area contributed by atoms with Crippen molar-refractivity contribution in [2.24, 2.45) is 5.92 Å². The van der Waals surface area contributed by atoms with Gasteiger partial charge in [0.25, 0.3) is 0 Å². The van der Waals surface area contributed by atoms with E-state index in [1.54, 1.807) is 0 Å². The first kappa shape index (κ1) is 35.7. The Morgan fingerprint density at radius 3 is 2.00 bits per heavy atom. The number of esters is 1. The van der Waals surface area contributed by atoms with Crippen molar-refractivity contribution in [2.45, 2.75) is 64.8 Å². The summed E-state index contributed by atoms with van der Waals surface area (Å²) in [5.41, 5.74) is 5.12. The SMILES string of the molecule is CC(C)C[C@H](N/C(CCc1ccccc1)=[P+](\[O-])OCc1ccccc1)C(=O)N[C@@H](Cc1c[nH]c2ccccc12)C(=O)OCc1ccccc1. The van der Waals surface area contributed by atoms with Gasteiger partial charge in [-0.05, 0) is 47.1 Å². The molecule has 1 heterocycles. The number of fused-ring (bicyclic) bond motifs is 1. The zero-order valence-corrected chi connectivity index (χ0v) is 28.9. The second kappa shape index (κ2) is 18.2. The summed E-state index contributed by atoms with van der Waals surface area (Å²) in [6.07, 6.45) is 3.57. The standard InChI is InChI=1S/C40H44N3O5P/c1-29(2)24-36(42-38(23-22-30-14-6-3-7-15-30)49(46)48-28-32-18-10-5-11-19-32)39(44)43-37(40(45)47-27-31-16-8-4-9-17-31)25-33-26-41-35-21-13-12-20-34(33)35/h3-21,26,29,36-37,41-42H,22-25,27-28H2,1-2H3,(H,43,44)/t36-,37-/m0/s1. The van der Waals surface area contributed by atoms with Gasteiger partial charge in [0.2, 0.25) is 13.9 Å². The van der Waals surface area contributed by atoms with Gasteiger partial charge in [-0.2, -0.15) is 4.52 Å². The van der Waals surface area contributed by atoms with Crippen molar-refractivity contribution in [2.75, 3.05) is 0 Å². The maximum atomic E-state index is 14.1. The summed E-state index contributed by atoms with van der Waals surface area (Å²) < 4.78 is 11.6. The molecule has 9 heteroatoms. The van der Waals surface area contributed by atoms with E-state index in [0.29, 0.717) is 24.7 Å². The second-order valence-corrected chi connectivity index (χ2v) is 13.8. The number of nitrogens with one attached hydrogen (secondary N) is 3. The number of amides is 1. The van der Waals surface area contributed by atoms with Gasteiger partial charge in [-0.25, -0.2) is 10.1 Å². The van der Waals surface area contributed by atoms with Crippen molar-refractivity contribution in [1.82, 2.24) is 15.6 Å². The number of carbonyl (C=O) groups is 2. The summed E-state index contributed by atoms with van der Waals surface area (Å²) in [4.78, 5) is 44.7. The van der Waals surface area contributed by atoms with Gasteiger partial charge in [0, 0.05) is 29.9 Å². The maximum Gasteiger partial charge on any atom is 0.329 e. The largest absolute Gasteiger partial charge is 0.602 e. The maximum absolute atomic E-state index is 14.1. The van der Waals surface area contributed by atoms with Crippen LogP contribution < -0.4 is 15.5 Å². The first-order valence-electron chi connectivity index (χ1n) is 16.7. The molecule has 0 aliphatic carbocycles. The molecule has 0 aliphatic heterocycles. The van der Waals surface area contributed by atoms with Gasteiger partial charge < -0.3 is 19.9 Å². The van der Waals surface area contributed by atoms with E-state index in [9.17, 15) is 14.5 Å². The van der Waals surface area contributed by atoms with Crippen LogP contribution in [0.15, 0.2) is 121 Å². The Morgan fingerprint density at radius 2 is 1.35 bits per heavy atom. The number of carbonyl (C=O) groups excluding carboxylic acids is 2. The Bertz CT molecular complexity index is 1810. The van der Waals surface area contributed by atoms with Gasteiger partial charge in [-0.3, -0.25) is 4.79 Å². The van der Waals surface area contributed by atoms with E-state index >= 15 is 0 Å². The van der Waals surface area contributed by atoms with E-state index in [-0.39, 0.29) is 31.5 Å². The average Bonchev–Trinajstić information content (AvgIpc) is 3.54. The predicted molar refractivity (Wildman–Crippen MR) is 194 cm³/mol. The highest BCUT2D eigenvalue weighted by molar-refractivity contribution is 7.46. The van der Waals surface area contributed by atoms with Crippen molar-refractivity contribution >= 4 is 36.2 Å². The Hall–Kier alpha value is -4.59. The van der Waals surface area contributed by atoms with Crippen LogP contribution >= 0.6 is 8.00 Å². The third kappa shape index (κ3) is 11.0. The van der Waals surface area contributed by atoms with Crippen molar-refractivity contribution in [3.05, 3.63) is 144 Å². The molecule has 0 fully saturated rings. The lowest BCUT2D eigenvalue weighted by molar-refractivity contribution is -0.173. The van der Waals surface area contributed by atoms with E-state index in [0.717, 1.165) is 33.2 Å². The summed E-state index contributed by atoms with van der Waals surface area (Å²) in [6.45, 7) is 4.31. The van der Waals surface area contributed by atoms with Crippen molar-refractivity contribution in [1.29, 1.82) is 0 Å². The number of H-pyrrole nitrogens is 1. The van der Waals surface area contributed by atoms with Crippen molar-refractivity contribution in [3.8, 4) is 0 Å². The Balaban J connectivity index is 1.37. The summed E-state index contributed by atoms with van der Waals surface area (Å²) in [6, 6.07) is 35.1. The van der Waals surface area contributed by atoms with Gasteiger partial charge in [0.15, 0.2) is 5.42 Å². The summed E-state index contributed by atoms with van der Waals surface area (Å²) >= 11 is 0. The average molecular weight is 678 g/mol. The Morgan fingerprint density at radius 1 is 0.755 bits per heavy atom. The normalized spacial score (nSPS) is 13.1. The van der Waals surface area contributed by atoms with Crippen LogP contribution in [-0.4, -0.2) is 34.4 Å². The highest BCUT2D eigenvalue weighted by Crippen LogP contribution is 2.23.